The van der Waals surface area contributed by atoms with Crippen molar-refractivity contribution >= 4 is 5.78 Å². The first-order chi connectivity index (χ1) is 8.99. The van der Waals surface area contributed by atoms with Gasteiger partial charge in [-0.1, -0.05) is 37.3 Å². The molecular weight excluding hydrogens is 234 g/mol. The Morgan fingerprint density at radius 3 is 2.21 bits per heavy atom. The van der Waals surface area contributed by atoms with E-state index in [1.165, 1.54) is 0 Å². The highest BCUT2D eigenvalue weighted by atomic mass is 16.1. The monoisotopic (exact) mass is 261 g/mol. The lowest BCUT2D eigenvalue weighted by molar-refractivity contribution is -0.113. The Morgan fingerprint density at radius 1 is 1.16 bits per heavy atom. The molecule has 0 saturated heterocycles. The average Bonchev–Trinajstić information content (AvgIpc) is 2.40. The number of Topliss-reactive ketones (excluding diaryl/α,β-unsaturated/α-hetero) is 1. The predicted molar refractivity (Wildman–Crippen MR) is 84.0 cm³/mol. The van der Waals surface area contributed by atoms with E-state index in [0.717, 1.165) is 29.8 Å². The van der Waals surface area contributed by atoms with Crippen molar-refractivity contribution in [2.24, 2.45) is 0 Å². The third kappa shape index (κ3) is 5.73. The lowest BCUT2D eigenvalue weighted by atomic mass is 9.99. The van der Waals surface area contributed by atoms with Gasteiger partial charge in [0.25, 0.3) is 0 Å². The quantitative estimate of drug-likeness (QED) is 0.504. The van der Waals surface area contributed by atoms with Crippen molar-refractivity contribution in [2.75, 3.05) is 13.6 Å². The molecule has 0 rings (SSSR count). The van der Waals surface area contributed by atoms with Crippen molar-refractivity contribution in [3.05, 3.63) is 47.2 Å². The van der Waals surface area contributed by atoms with Crippen LogP contribution in [0.3, 0.4) is 0 Å². The Labute approximate surface area is 118 Å². The Morgan fingerprint density at radius 2 is 1.79 bits per heavy atom. The van der Waals surface area contributed by atoms with Gasteiger partial charge in [-0.3, -0.25) is 4.79 Å². The van der Waals surface area contributed by atoms with Crippen molar-refractivity contribution in [1.29, 1.82) is 0 Å². The molecule has 2 nitrogen and oxygen atoms in total. The van der Waals surface area contributed by atoms with Gasteiger partial charge in [-0.2, -0.15) is 0 Å². The zero-order valence-electron chi connectivity index (χ0n) is 13.2. The molecule has 0 fully saturated rings. The summed E-state index contributed by atoms with van der Waals surface area (Å²) in [6.07, 6.45) is 11.1. The van der Waals surface area contributed by atoms with Crippen molar-refractivity contribution in [3.8, 4) is 0 Å². The van der Waals surface area contributed by atoms with Gasteiger partial charge >= 0.3 is 0 Å². The molecule has 0 atom stereocenters. The summed E-state index contributed by atoms with van der Waals surface area (Å²) in [6, 6.07) is 0. The number of nitrogens with zero attached hydrogens (tertiary/aromatic N) is 1. The number of carbonyl (C=O) groups excluding carboxylic acids is 1. The highest BCUT2D eigenvalue weighted by Crippen LogP contribution is 2.19. The maximum atomic E-state index is 11.9. The van der Waals surface area contributed by atoms with E-state index in [1.807, 2.05) is 45.2 Å². The van der Waals surface area contributed by atoms with E-state index >= 15 is 0 Å². The van der Waals surface area contributed by atoms with Crippen LogP contribution in [0.5, 0.6) is 0 Å². The van der Waals surface area contributed by atoms with E-state index in [0.29, 0.717) is 0 Å². The van der Waals surface area contributed by atoms with Crippen molar-refractivity contribution in [2.45, 2.75) is 41.0 Å². The van der Waals surface area contributed by atoms with Crippen LogP contribution < -0.4 is 0 Å². The van der Waals surface area contributed by atoms with Crippen LogP contribution in [0.25, 0.3) is 0 Å². The van der Waals surface area contributed by atoms with Crippen LogP contribution in [-0.2, 0) is 4.79 Å². The van der Waals surface area contributed by atoms with Crippen LogP contribution in [0.15, 0.2) is 47.2 Å². The maximum absolute atomic E-state index is 11.9. The number of carbonyl (C=O) groups is 1. The van der Waals surface area contributed by atoms with Crippen LogP contribution >= 0.6 is 0 Å². The fourth-order valence-corrected chi connectivity index (χ4v) is 1.79. The van der Waals surface area contributed by atoms with E-state index in [4.69, 9.17) is 0 Å². The van der Waals surface area contributed by atoms with Gasteiger partial charge in [0.2, 0.25) is 0 Å². The lowest BCUT2D eigenvalue weighted by Gasteiger charge is -2.21. The van der Waals surface area contributed by atoms with Crippen LogP contribution in [0.2, 0.25) is 0 Å². The maximum Gasteiger partial charge on any atom is 0.162 e. The molecule has 0 bridgehead atoms. The molecule has 0 amide bonds. The summed E-state index contributed by atoms with van der Waals surface area (Å²) in [6.45, 7) is 10.7. The molecule has 0 spiro atoms. The van der Waals surface area contributed by atoms with Crippen LogP contribution in [-0.4, -0.2) is 24.3 Å². The minimum absolute atomic E-state index is 0.107. The largest absolute Gasteiger partial charge is 0.378 e. The van der Waals surface area contributed by atoms with Crippen molar-refractivity contribution in [3.63, 3.8) is 0 Å². The standard InChI is InChI=1S/C17H27NO/c1-7-10-11-12-13-16(8-2)17(15(5)19)14(4)18(6)9-3/h8,10-13H,7,9H2,1-6H3/b11-10-,13-12-,16-8+,17-14-. The van der Waals surface area contributed by atoms with Gasteiger partial charge in [-0.15, -0.1) is 0 Å². The van der Waals surface area contributed by atoms with Gasteiger partial charge < -0.3 is 4.90 Å². The van der Waals surface area contributed by atoms with Crippen LogP contribution in [0.4, 0.5) is 0 Å². The molecule has 0 aliphatic heterocycles. The first kappa shape index (κ1) is 17.4. The third-order valence-corrected chi connectivity index (χ3v) is 3.12. The summed E-state index contributed by atoms with van der Waals surface area (Å²) in [7, 11) is 2.01. The molecule has 0 aromatic rings. The molecule has 0 aromatic carbocycles. The molecule has 106 valence electrons. The van der Waals surface area contributed by atoms with Gasteiger partial charge in [0.05, 0.1) is 0 Å². The molecule has 0 N–H and O–H groups in total. The van der Waals surface area contributed by atoms with E-state index in [9.17, 15) is 4.79 Å². The Balaban J connectivity index is 5.44. The number of hydrogen-bond acceptors (Lipinski definition) is 2. The molecule has 0 radical (unpaired) electrons. The lowest BCUT2D eigenvalue weighted by Crippen LogP contribution is -2.19. The molecule has 19 heavy (non-hydrogen) atoms. The smallest absolute Gasteiger partial charge is 0.162 e. The van der Waals surface area contributed by atoms with E-state index in [1.54, 1.807) is 6.92 Å². The molecule has 0 aliphatic rings. The summed E-state index contributed by atoms with van der Waals surface area (Å²) in [4.78, 5) is 14.0. The molecule has 2 heteroatoms. The number of hydrogen-bond donors (Lipinski definition) is 0. The van der Waals surface area contributed by atoms with Gasteiger partial charge in [-0.05, 0) is 39.7 Å². The minimum Gasteiger partial charge on any atom is -0.378 e. The first-order valence-electron chi connectivity index (χ1n) is 6.92. The second kappa shape index (κ2) is 9.37. The molecular formula is C17H27NO. The Kier molecular flexibility index (Phi) is 8.60. The summed E-state index contributed by atoms with van der Waals surface area (Å²) >= 11 is 0. The van der Waals surface area contributed by atoms with Crippen LogP contribution in [0, 0.1) is 0 Å². The topological polar surface area (TPSA) is 20.3 Å². The van der Waals surface area contributed by atoms with Gasteiger partial charge in [-0.25, -0.2) is 0 Å². The van der Waals surface area contributed by atoms with Gasteiger partial charge in [0, 0.05) is 24.9 Å². The van der Waals surface area contributed by atoms with Gasteiger partial charge in [0.1, 0.15) is 0 Å². The summed E-state index contributed by atoms with van der Waals surface area (Å²) in [5.74, 6) is 0.107. The van der Waals surface area contributed by atoms with E-state index in [-0.39, 0.29) is 5.78 Å². The highest BCUT2D eigenvalue weighted by molar-refractivity contribution is 5.99. The zero-order valence-corrected chi connectivity index (χ0v) is 13.2. The van der Waals surface area contributed by atoms with Crippen molar-refractivity contribution < 1.29 is 4.79 Å². The second-order valence-corrected chi connectivity index (χ2v) is 4.47. The molecule has 0 saturated carbocycles. The predicted octanol–water partition coefficient (Wildman–Crippen LogP) is 4.27. The van der Waals surface area contributed by atoms with Crippen molar-refractivity contribution in [1.82, 2.24) is 4.90 Å². The minimum atomic E-state index is 0.107. The SMILES string of the molecule is C/C=C(\C=C/C=C\CC)C(/C(C)=O)=C(/C)N(C)CC. The normalized spacial score (nSPS) is 14.1. The Hall–Kier alpha value is -1.57. The third-order valence-electron chi connectivity index (χ3n) is 3.12. The van der Waals surface area contributed by atoms with E-state index < -0.39 is 0 Å². The summed E-state index contributed by atoms with van der Waals surface area (Å²) in [5, 5.41) is 0. The summed E-state index contributed by atoms with van der Waals surface area (Å²) < 4.78 is 0. The highest BCUT2D eigenvalue weighted by Gasteiger charge is 2.13. The fraction of sp³-hybridized carbons (Fsp3) is 0.471. The molecule has 0 unspecified atom stereocenters. The fourth-order valence-electron chi connectivity index (χ4n) is 1.79. The Bertz CT molecular complexity index is 411. The van der Waals surface area contributed by atoms with Crippen LogP contribution in [0.1, 0.15) is 41.0 Å². The molecule has 0 heterocycles. The first-order valence-corrected chi connectivity index (χ1v) is 6.92. The van der Waals surface area contributed by atoms with E-state index in [2.05, 4.69) is 24.8 Å². The van der Waals surface area contributed by atoms with Gasteiger partial charge in [0.15, 0.2) is 5.78 Å². The zero-order chi connectivity index (χ0) is 14.8. The molecule has 0 aromatic heterocycles. The number of rotatable bonds is 7. The summed E-state index contributed by atoms with van der Waals surface area (Å²) in [5.41, 5.74) is 2.80. The number of allylic oxidation sites excluding steroid dienone is 8. The molecule has 0 aliphatic carbocycles. The second-order valence-electron chi connectivity index (χ2n) is 4.47. The average molecular weight is 261 g/mol. The number of ketones is 1.